The summed E-state index contributed by atoms with van der Waals surface area (Å²) in [6.07, 6.45) is 1.02. The fourth-order valence-corrected chi connectivity index (χ4v) is 1.22. The van der Waals surface area contributed by atoms with Crippen molar-refractivity contribution < 1.29 is 4.79 Å². The van der Waals surface area contributed by atoms with E-state index in [-0.39, 0.29) is 11.8 Å². The van der Waals surface area contributed by atoms with Crippen LogP contribution in [0.1, 0.15) is 20.3 Å². The maximum Gasteiger partial charge on any atom is 0.146 e. The maximum atomic E-state index is 10.7. The van der Waals surface area contributed by atoms with Gasteiger partial charge in [-0.05, 0) is 25.8 Å². The number of carbonyl (C=O) groups is 1. The van der Waals surface area contributed by atoms with E-state index in [4.69, 9.17) is 0 Å². The minimum atomic E-state index is 0.153. The predicted molar refractivity (Wildman–Crippen MR) is 36.3 cm³/mol. The first-order chi connectivity index (χ1) is 4.20. The Morgan fingerprint density at radius 2 is 2.33 bits per heavy atom. The summed E-state index contributed by atoms with van der Waals surface area (Å²) in [5.41, 5.74) is 0. The lowest BCUT2D eigenvalue weighted by Crippen LogP contribution is -2.28. The second-order valence-electron chi connectivity index (χ2n) is 2.91. The molecule has 0 aromatic heterocycles. The highest BCUT2D eigenvalue weighted by Gasteiger charge is 2.23. The van der Waals surface area contributed by atoms with Crippen LogP contribution >= 0.6 is 0 Å². The van der Waals surface area contributed by atoms with Crippen LogP contribution in [-0.2, 0) is 4.79 Å². The summed E-state index contributed by atoms with van der Waals surface area (Å²) in [4.78, 5) is 10.7. The van der Waals surface area contributed by atoms with Crippen LogP contribution in [0.2, 0.25) is 0 Å². The molecule has 1 aliphatic heterocycles. The Labute approximate surface area is 55.6 Å². The van der Waals surface area contributed by atoms with E-state index >= 15 is 0 Å². The van der Waals surface area contributed by atoms with E-state index in [1.165, 1.54) is 0 Å². The van der Waals surface area contributed by atoms with E-state index in [2.05, 4.69) is 12.2 Å². The third kappa shape index (κ3) is 1.52. The number of ketones is 1. The number of hydrogen-bond donors (Lipinski definition) is 1. The van der Waals surface area contributed by atoms with E-state index in [0.717, 1.165) is 13.0 Å². The van der Waals surface area contributed by atoms with Crippen LogP contribution in [0.4, 0.5) is 0 Å². The van der Waals surface area contributed by atoms with Crippen molar-refractivity contribution in [2.24, 2.45) is 5.92 Å². The van der Waals surface area contributed by atoms with Gasteiger partial charge >= 0.3 is 0 Å². The van der Waals surface area contributed by atoms with Crippen LogP contribution in [0, 0.1) is 5.92 Å². The smallest absolute Gasteiger partial charge is 0.146 e. The first-order valence-electron chi connectivity index (χ1n) is 3.44. The maximum absolute atomic E-state index is 10.7. The molecular formula is C7H13NO. The number of hydrogen-bond acceptors (Lipinski definition) is 2. The van der Waals surface area contributed by atoms with Gasteiger partial charge in [-0.3, -0.25) is 4.79 Å². The van der Waals surface area contributed by atoms with Crippen LogP contribution in [0.5, 0.6) is 0 Å². The summed E-state index contributed by atoms with van der Waals surface area (Å²) >= 11 is 0. The largest absolute Gasteiger partial charge is 0.307 e. The van der Waals surface area contributed by atoms with Crippen LogP contribution in [-0.4, -0.2) is 18.4 Å². The molecule has 0 radical (unpaired) electrons. The highest BCUT2D eigenvalue weighted by atomic mass is 16.1. The van der Waals surface area contributed by atoms with Gasteiger partial charge in [-0.25, -0.2) is 0 Å². The topological polar surface area (TPSA) is 29.1 Å². The number of carbonyl (C=O) groups excluding carboxylic acids is 1. The average Bonchev–Trinajstić information content (AvgIpc) is 2.14. The van der Waals surface area contributed by atoms with Gasteiger partial charge in [0.1, 0.15) is 5.78 Å². The standard InChI is InChI=1S/C7H13NO/c1-5-3-7(6(2)9)8-4-5/h5,7-8H,3-4H2,1-2H3/t5-,7-/m1/s1. The highest BCUT2D eigenvalue weighted by molar-refractivity contribution is 5.81. The van der Waals surface area contributed by atoms with Gasteiger partial charge < -0.3 is 5.32 Å². The van der Waals surface area contributed by atoms with Crippen molar-refractivity contribution in [3.8, 4) is 0 Å². The summed E-state index contributed by atoms with van der Waals surface area (Å²) in [7, 11) is 0. The highest BCUT2D eigenvalue weighted by Crippen LogP contribution is 2.12. The minimum Gasteiger partial charge on any atom is -0.307 e. The number of nitrogens with one attached hydrogen (secondary N) is 1. The average molecular weight is 127 g/mol. The minimum absolute atomic E-state index is 0.153. The van der Waals surface area contributed by atoms with E-state index < -0.39 is 0 Å². The summed E-state index contributed by atoms with van der Waals surface area (Å²) in [6.45, 7) is 4.82. The van der Waals surface area contributed by atoms with Crippen molar-refractivity contribution in [2.75, 3.05) is 6.54 Å². The zero-order chi connectivity index (χ0) is 6.85. The quantitative estimate of drug-likeness (QED) is 0.558. The molecule has 2 heteroatoms. The Kier molecular flexibility index (Phi) is 1.86. The van der Waals surface area contributed by atoms with Crippen molar-refractivity contribution in [1.29, 1.82) is 0 Å². The fourth-order valence-electron chi connectivity index (χ4n) is 1.22. The van der Waals surface area contributed by atoms with Crippen molar-refractivity contribution in [2.45, 2.75) is 26.3 Å². The molecule has 9 heavy (non-hydrogen) atoms. The summed E-state index contributed by atoms with van der Waals surface area (Å²) in [5.74, 6) is 0.957. The van der Waals surface area contributed by atoms with Gasteiger partial charge in [0.15, 0.2) is 0 Å². The molecule has 1 aliphatic rings. The Bertz CT molecular complexity index is 122. The molecule has 0 bridgehead atoms. The molecule has 2 atom stereocenters. The van der Waals surface area contributed by atoms with Gasteiger partial charge in [0.05, 0.1) is 6.04 Å². The third-order valence-electron chi connectivity index (χ3n) is 1.84. The summed E-state index contributed by atoms with van der Waals surface area (Å²) < 4.78 is 0. The molecule has 0 aromatic rings. The van der Waals surface area contributed by atoms with E-state index in [0.29, 0.717) is 5.92 Å². The molecule has 2 nitrogen and oxygen atoms in total. The van der Waals surface area contributed by atoms with Crippen molar-refractivity contribution >= 4 is 5.78 Å². The predicted octanol–water partition coefficient (Wildman–Crippen LogP) is 0.573. The fraction of sp³-hybridized carbons (Fsp3) is 0.857. The van der Waals surface area contributed by atoms with Crippen molar-refractivity contribution in [3.05, 3.63) is 0 Å². The molecule has 0 saturated carbocycles. The van der Waals surface area contributed by atoms with Crippen LogP contribution in [0.3, 0.4) is 0 Å². The van der Waals surface area contributed by atoms with Gasteiger partial charge in [-0.1, -0.05) is 6.92 Å². The van der Waals surface area contributed by atoms with E-state index in [1.807, 2.05) is 0 Å². The molecule has 0 spiro atoms. The molecule has 0 unspecified atom stereocenters. The Morgan fingerprint density at radius 1 is 1.67 bits per heavy atom. The normalized spacial score (nSPS) is 34.9. The lowest BCUT2D eigenvalue weighted by Gasteiger charge is -2.02. The van der Waals surface area contributed by atoms with Crippen molar-refractivity contribution in [1.82, 2.24) is 5.32 Å². The number of rotatable bonds is 1. The Morgan fingerprint density at radius 3 is 2.56 bits per heavy atom. The molecular weight excluding hydrogens is 114 g/mol. The first-order valence-corrected chi connectivity index (χ1v) is 3.44. The SMILES string of the molecule is CC(=O)[C@H]1C[C@@H](C)CN1. The monoisotopic (exact) mass is 127 g/mol. The van der Waals surface area contributed by atoms with Gasteiger partial charge in [-0.15, -0.1) is 0 Å². The second-order valence-corrected chi connectivity index (χ2v) is 2.91. The summed E-state index contributed by atoms with van der Waals surface area (Å²) in [6, 6.07) is 0.153. The molecule has 0 aromatic carbocycles. The molecule has 1 rings (SSSR count). The van der Waals surface area contributed by atoms with E-state index in [1.54, 1.807) is 6.92 Å². The zero-order valence-electron chi connectivity index (χ0n) is 5.98. The Balaban J connectivity index is 2.39. The second kappa shape index (κ2) is 2.48. The molecule has 52 valence electrons. The van der Waals surface area contributed by atoms with Crippen LogP contribution in [0.15, 0.2) is 0 Å². The van der Waals surface area contributed by atoms with Crippen LogP contribution < -0.4 is 5.32 Å². The molecule has 1 heterocycles. The first kappa shape index (κ1) is 6.75. The number of Topliss-reactive ketones (excluding diaryl/α,β-unsaturated/α-hetero) is 1. The molecule has 1 saturated heterocycles. The third-order valence-corrected chi connectivity index (χ3v) is 1.84. The molecule has 1 N–H and O–H groups in total. The lowest BCUT2D eigenvalue weighted by molar-refractivity contribution is -0.118. The zero-order valence-corrected chi connectivity index (χ0v) is 5.98. The van der Waals surface area contributed by atoms with Gasteiger partial charge in [0, 0.05) is 0 Å². The van der Waals surface area contributed by atoms with E-state index in [9.17, 15) is 4.79 Å². The summed E-state index contributed by atoms with van der Waals surface area (Å²) in [5, 5.41) is 3.16. The van der Waals surface area contributed by atoms with Gasteiger partial charge in [0.25, 0.3) is 0 Å². The molecule has 0 amide bonds. The van der Waals surface area contributed by atoms with Crippen molar-refractivity contribution in [3.63, 3.8) is 0 Å². The molecule has 1 fully saturated rings. The van der Waals surface area contributed by atoms with Gasteiger partial charge in [-0.2, -0.15) is 0 Å². The lowest BCUT2D eigenvalue weighted by atomic mass is 10.1. The Hall–Kier alpha value is -0.370. The van der Waals surface area contributed by atoms with Crippen LogP contribution in [0.25, 0.3) is 0 Å². The molecule has 0 aliphatic carbocycles. The van der Waals surface area contributed by atoms with Gasteiger partial charge in [0.2, 0.25) is 0 Å².